The van der Waals surface area contributed by atoms with Crippen LogP contribution < -0.4 is 10.0 Å². The molecule has 2 N–H and O–H groups in total. The highest BCUT2D eigenvalue weighted by Crippen LogP contribution is 2.25. The zero-order chi connectivity index (χ0) is 12.2. The van der Waals surface area contributed by atoms with Crippen molar-refractivity contribution in [2.24, 2.45) is 0 Å². The average Bonchev–Trinajstić information content (AvgIpc) is 2.22. The van der Waals surface area contributed by atoms with E-state index in [-0.39, 0.29) is 4.90 Å². The third-order valence-corrected chi connectivity index (χ3v) is 4.54. The summed E-state index contributed by atoms with van der Waals surface area (Å²) in [7, 11) is -1.69. The van der Waals surface area contributed by atoms with Gasteiger partial charge in [-0.15, -0.1) is 0 Å². The maximum Gasteiger partial charge on any atom is 0.240 e. The highest BCUT2D eigenvalue weighted by atomic mass is 79.9. The van der Waals surface area contributed by atoms with E-state index < -0.39 is 10.0 Å². The quantitative estimate of drug-likeness (QED) is 0.808. The van der Waals surface area contributed by atoms with E-state index in [1.54, 1.807) is 7.05 Å². The number of nitrogens with one attached hydrogen (secondary N) is 2. The van der Waals surface area contributed by atoms with Crippen molar-refractivity contribution in [3.63, 3.8) is 0 Å². The molecular formula is C9H12BrClN2O2S. The molecule has 0 atom stereocenters. The minimum Gasteiger partial charge on any atom is -0.318 e. The maximum absolute atomic E-state index is 11.8. The Kier molecular flexibility index (Phi) is 5.20. The Hall–Kier alpha value is -0.140. The SMILES string of the molecule is CNCCNS(=O)(=O)c1ccc(Cl)c(Br)c1. The zero-order valence-electron chi connectivity index (χ0n) is 8.63. The number of sulfonamides is 1. The lowest BCUT2D eigenvalue weighted by Gasteiger charge is -2.07. The second-order valence-corrected chi connectivity index (χ2v) is 6.11. The molecule has 0 saturated carbocycles. The van der Waals surface area contributed by atoms with Crippen LogP contribution in [0.2, 0.25) is 5.02 Å². The van der Waals surface area contributed by atoms with Crippen LogP contribution in [0, 0.1) is 0 Å². The van der Waals surface area contributed by atoms with Gasteiger partial charge in [0.15, 0.2) is 0 Å². The molecule has 0 radical (unpaired) electrons. The van der Waals surface area contributed by atoms with Crippen molar-refractivity contribution in [2.45, 2.75) is 4.90 Å². The molecular weight excluding hydrogens is 316 g/mol. The second kappa shape index (κ2) is 5.97. The summed E-state index contributed by atoms with van der Waals surface area (Å²) in [6.45, 7) is 0.924. The third kappa shape index (κ3) is 3.71. The Balaban J connectivity index is 2.86. The van der Waals surface area contributed by atoms with E-state index in [0.29, 0.717) is 22.6 Å². The van der Waals surface area contributed by atoms with E-state index in [1.165, 1.54) is 18.2 Å². The van der Waals surface area contributed by atoms with Gasteiger partial charge in [-0.1, -0.05) is 11.6 Å². The van der Waals surface area contributed by atoms with E-state index in [4.69, 9.17) is 11.6 Å². The Morgan fingerprint density at radius 3 is 2.62 bits per heavy atom. The van der Waals surface area contributed by atoms with Gasteiger partial charge in [-0.05, 0) is 41.2 Å². The van der Waals surface area contributed by atoms with Crippen molar-refractivity contribution < 1.29 is 8.42 Å². The largest absolute Gasteiger partial charge is 0.318 e. The molecule has 90 valence electrons. The zero-order valence-corrected chi connectivity index (χ0v) is 11.8. The van der Waals surface area contributed by atoms with Crippen LogP contribution in [0.1, 0.15) is 0 Å². The van der Waals surface area contributed by atoms with Crippen molar-refractivity contribution >= 4 is 37.6 Å². The summed E-state index contributed by atoms with van der Waals surface area (Å²) >= 11 is 8.97. The fraction of sp³-hybridized carbons (Fsp3) is 0.333. The molecule has 4 nitrogen and oxygen atoms in total. The normalized spacial score (nSPS) is 11.7. The molecule has 1 aromatic carbocycles. The highest BCUT2D eigenvalue weighted by molar-refractivity contribution is 9.10. The molecule has 0 aliphatic heterocycles. The molecule has 0 fully saturated rings. The van der Waals surface area contributed by atoms with Crippen molar-refractivity contribution in [3.8, 4) is 0 Å². The van der Waals surface area contributed by atoms with Crippen molar-refractivity contribution in [3.05, 3.63) is 27.7 Å². The summed E-state index contributed by atoms with van der Waals surface area (Å²) in [6.07, 6.45) is 0. The highest BCUT2D eigenvalue weighted by Gasteiger charge is 2.14. The Morgan fingerprint density at radius 1 is 1.38 bits per heavy atom. The van der Waals surface area contributed by atoms with Gasteiger partial charge in [0.2, 0.25) is 10.0 Å². The number of benzene rings is 1. The second-order valence-electron chi connectivity index (χ2n) is 3.08. The molecule has 0 aliphatic rings. The topological polar surface area (TPSA) is 58.2 Å². The van der Waals surface area contributed by atoms with Gasteiger partial charge in [-0.3, -0.25) is 0 Å². The molecule has 16 heavy (non-hydrogen) atoms. The van der Waals surface area contributed by atoms with E-state index in [1.807, 2.05) is 0 Å². The molecule has 0 heterocycles. The van der Waals surface area contributed by atoms with Gasteiger partial charge in [0.1, 0.15) is 0 Å². The van der Waals surface area contributed by atoms with Crippen LogP contribution in [0.4, 0.5) is 0 Å². The van der Waals surface area contributed by atoms with Crippen LogP contribution in [0.15, 0.2) is 27.6 Å². The minimum atomic E-state index is -3.45. The summed E-state index contributed by atoms with van der Waals surface area (Å²) in [6, 6.07) is 4.48. The number of hydrogen-bond acceptors (Lipinski definition) is 3. The average molecular weight is 328 g/mol. The molecule has 7 heteroatoms. The first-order chi connectivity index (χ1) is 7.47. The van der Waals surface area contributed by atoms with E-state index in [0.717, 1.165) is 0 Å². The van der Waals surface area contributed by atoms with Gasteiger partial charge >= 0.3 is 0 Å². The minimum absolute atomic E-state index is 0.194. The summed E-state index contributed by atoms with van der Waals surface area (Å²) in [5.41, 5.74) is 0. The molecule has 0 saturated heterocycles. The number of halogens is 2. The number of likely N-dealkylation sites (N-methyl/N-ethyl adjacent to an activating group) is 1. The Bertz CT molecular complexity index is 465. The van der Waals surface area contributed by atoms with Crippen LogP contribution in [-0.4, -0.2) is 28.6 Å². The van der Waals surface area contributed by atoms with Crippen molar-refractivity contribution in [1.82, 2.24) is 10.0 Å². The van der Waals surface area contributed by atoms with Crippen LogP contribution in [0.5, 0.6) is 0 Å². The first-order valence-electron chi connectivity index (χ1n) is 4.56. The van der Waals surface area contributed by atoms with Crippen LogP contribution in [0.25, 0.3) is 0 Å². The first kappa shape index (κ1) is 13.9. The Labute approximate surface area is 109 Å². The van der Waals surface area contributed by atoms with Gasteiger partial charge < -0.3 is 5.32 Å². The molecule has 0 aromatic heterocycles. The first-order valence-corrected chi connectivity index (χ1v) is 7.22. The predicted molar refractivity (Wildman–Crippen MR) is 68.3 cm³/mol. The molecule has 0 bridgehead atoms. The van der Waals surface area contributed by atoms with Gasteiger partial charge in [-0.25, -0.2) is 13.1 Å². The summed E-state index contributed by atoms with van der Waals surface area (Å²) in [4.78, 5) is 0.194. The van der Waals surface area contributed by atoms with Gasteiger partial charge in [0, 0.05) is 17.6 Å². The molecule has 1 rings (SSSR count). The lowest BCUT2D eigenvalue weighted by molar-refractivity contribution is 0.579. The fourth-order valence-electron chi connectivity index (χ4n) is 1.04. The fourth-order valence-corrected chi connectivity index (χ4v) is 2.74. The lowest BCUT2D eigenvalue weighted by atomic mass is 10.4. The summed E-state index contributed by atoms with van der Waals surface area (Å²) in [5.74, 6) is 0. The summed E-state index contributed by atoms with van der Waals surface area (Å²) < 4.78 is 26.6. The van der Waals surface area contributed by atoms with E-state index >= 15 is 0 Å². The molecule has 0 amide bonds. The third-order valence-electron chi connectivity index (χ3n) is 1.87. The molecule has 0 aliphatic carbocycles. The smallest absolute Gasteiger partial charge is 0.240 e. The lowest BCUT2D eigenvalue weighted by Crippen LogP contribution is -2.30. The van der Waals surface area contributed by atoms with Crippen molar-refractivity contribution in [1.29, 1.82) is 0 Å². The van der Waals surface area contributed by atoms with Crippen LogP contribution in [-0.2, 0) is 10.0 Å². The maximum atomic E-state index is 11.8. The van der Waals surface area contributed by atoms with E-state index in [2.05, 4.69) is 26.0 Å². The van der Waals surface area contributed by atoms with Crippen LogP contribution >= 0.6 is 27.5 Å². The van der Waals surface area contributed by atoms with Crippen LogP contribution in [0.3, 0.4) is 0 Å². The van der Waals surface area contributed by atoms with E-state index in [9.17, 15) is 8.42 Å². The number of hydrogen-bond donors (Lipinski definition) is 2. The van der Waals surface area contributed by atoms with Gasteiger partial charge in [-0.2, -0.15) is 0 Å². The Morgan fingerprint density at radius 2 is 2.06 bits per heavy atom. The van der Waals surface area contributed by atoms with Gasteiger partial charge in [0.05, 0.1) is 9.92 Å². The predicted octanol–water partition coefficient (Wildman–Crippen LogP) is 1.60. The number of rotatable bonds is 5. The monoisotopic (exact) mass is 326 g/mol. The van der Waals surface area contributed by atoms with Gasteiger partial charge in [0.25, 0.3) is 0 Å². The standard InChI is InChI=1S/C9H12BrClN2O2S/c1-12-4-5-13-16(14,15)7-2-3-9(11)8(10)6-7/h2-3,6,12-13H,4-5H2,1H3. The van der Waals surface area contributed by atoms with Crippen molar-refractivity contribution in [2.75, 3.05) is 20.1 Å². The molecule has 1 aromatic rings. The molecule has 0 spiro atoms. The molecule has 0 unspecified atom stereocenters. The summed E-state index contributed by atoms with van der Waals surface area (Å²) in [5, 5.41) is 3.34.